The first-order valence-corrected chi connectivity index (χ1v) is 9.28. The van der Waals surface area contributed by atoms with E-state index in [1.165, 1.54) is 10.5 Å². The number of morpholine rings is 1. The van der Waals surface area contributed by atoms with Gasteiger partial charge in [-0.15, -0.1) is 0 Å². The highest BCUT2D eigenvalue weighted by atomic mass is 79.9. The van der Waals surface area contributed by atoms with Crippen LogP contribution < -0.4 is 4.90 Å². The molecule has 1 atom stereocenters. The van der Waals surface area contributed by atoms with Crippen molar-refractivity contribution in [2.45, 2.75) is 6.04 Å². The lowest BCUT2D eigenvalue weighted by atomic mass is 9.94. The molecule has 1 saturated heterocycles. The number of pyridine rings is 1. The molecule has 3 aromatic rings. The van der Waals surface area contributed by atoms with Gasteiger partial charge >= 0.3 is 0 Å². The van der Waals surface area contributed by atoms with Crippen molar-refractivity contribution in [3.63, 3.8) is 0 Å². The number of aromatic nitrogens is 1. The van der Waals surface area contributed by atoms with Crippen LogP contribution in [0.4, 0.5) is 0 Å². The molecule has 128 valence electrons. The lowest BCUT2D eigenvalue weighted by Crippen LogP contribution is -3.14. The summed E-state index contributed by atoms with van der Waals surface area (Å²) in [5.74, 6) is 0.282. The fourth-order valence-electron chi connectivity index (χ4n) is 3.59. The molecular weight excluding hydrogens is 380 g/mol. The standard InChI is InChI=1S/C20H19BrN2O2/c21-16-6-3-15(4-7-16)19(23-10-12-25-13-11-23)17-8-5-14-2-1-9-22-18(14)20(17)24/h1-9,19,24H,10-13H2/p+1/t19-/m0/s1. The van der Waals surface area contributed by atoms with Gasteiger partial charge in [-0.1, -0.05) is 40.2 Å². The quantitative estimate of drug-likeness (QED) is 0.711. The highest BCUT2D eigenvalue weighted by Gasteiger charge is 2.30. The predicted octanol–water partition coefficient (Wildman–Crippen LogP) is 2.71. The summed E-state index contributed by atoms with van der Waals surface area (Å²) >= 11 is 3.51. The Kier molecular flexibility index (Phi) is 4.70. The van der Waals surface area contributed by atoms with Crippen LogP contribution in [0.15, 0.2) is 59.2 Å². The number of quaternary nitrogens is 1. The first-order chi connectivity index (χ1) is 12.2. The van der Waals surface area contributed by atoms with E-state index in [0.29, 0.717) is 5.52 Å². The smallest absolute Gasteiger partial charge is 0.151 e. The lowest BCUT2D eigenvalue weighted by molar-refractivity contribution is -0.933. The zero-order valence-corrected chi connectivity index (χ0v) is 15.4. The van der Waals surface area contributed by atoms with Crippen LogP contribution >= 0.6 is 15.9 Å². The number of nitrogens with zero attached hydrogens (tertiary/aromatic N) is 1. The summed E-state index contributed by atoms with van der Waals surface area (Å²) in [5, 5.41) is 11.9. The summed E-state index contributed by atoms with van der Waals surface area (Å²) in [6, 6.07) is 16.4. The average Bonchev–Trinajstić information content (AvgIpc) is 2.66. The summed E-state index contributed by atoms with van der Waals surface area (Å²) in [4.78, 5) is 5.79. The van der Waals surface area contributed by atoms with Crippen LogP contribution in [0, 0.1) is 0 Å². The van der Waals surface area contributed by atoms with Crippen LogP contribution in [-0.2, 0) is 4.74 Å². The number of fused-ring (bicyclic) bond motifs is 1. The molecule has 0 saturated carbocycles. The van der Waals surface area contributed by atoms with E-state index in [0.717, 1.165) is 41.7 Å². The molecule has 2 aromatic carbocycles. The van der Waals surface area contributed by atoms with E-state index in [1.54, 1.807) is 6.20 Å². The number of nitrogens with one attached hydrogen (secondary N) is 1. The Balaban J connectivity index is 1.85. The fourth-order valence-corrected chi connectivity index (χ4v) is 3.86. The molecule has 25 heavy (non-hydrogen) atoms. The van der Waals surface area contributed by atoms with Crippen LogP contribution in [0.5, 0.6) is 5.75 Å². The summed E-state index contributed by atoms with van der Waals surface area (Å²) in [5.41, 5.74) is 2.77. The first-order valence-electron chi connectivity index (χ1n) is 8.48. The highest BCUT2D eigenvalue weighted by molar-refractivity contribution is 9.10. The largest absolute Gasteiger partial charge is 0.505 e. The Bertz CT molecular complexity index is 877. The van der Waals surface area contributed by atoms with Gasteiger partial charge in [-0.25, -0.2) is 0 Å². The maximum atomic E-state index is 11.0. The Morgan fingerprint density at radius 1 is 1.04 bits per heavy atom. The molecule has 0 unspecified atom stereocenters. The number of phenolic OH excluding ortho intramolecular Hbond substituents is 1. The minimum Gasteiger partial charge on any atom is -0.505 e. The molecule has 1 fully saturated rings. The number of phenols is 1. The number of aromatic hydroxyl groups is 1. The maximum Gasteiger partial charge on any atom is 0.151 e. The second-order valence-corrected chi connectivity index (χ2v) is 7.25. The number of hydrogen-bond donors (Lipinski definition) is 2. The zero-order chi connectivity index (χ0) is 17.2. The molecule has 4 nitrogen and oxygen atoms in total. The number of rotatable bonds is 3. The maximum absolute atomic E-state index is 11.0. The molecule has 2 heterocycles. The zero-order valence-electron chi connectivity index (χ0n) is 13.8. The molecule has 0 amide bonds. The van der Waals surface area contributed by atoms with E-state index < -0.39 is 0 Å². The van der Waals surface area contributed by atoms with Crippen molar-refractivity contribution in [1.29, 1.82) is 0 Å². The Hall–Kier alpha value is -1.95. The molecule has 4 rings (SSSR count). The molecule has 0 bridgehead atoms. The second-order valence-electron chi connectivity index (χ2n) is 6.33. The number of benzene rings is 2. The SMILES string of the molecule is Oc1c([C@H](c2ccc(Br)cc2)[NH+]2CCOCC2)ccc2cccnc12. The third kappa shape index (κ3) is 3.27. The van der Waals surface area contributed by atoms with E-state index in [4.69, 9.17) is 4.74 Å². The summed E-state index contributed by atoms with van der Waals surface area (Å²) < 4.78 is 6.59. The van der Waals surface area contributed by atoms with Gasteiger partial charge in [-0.3, -0.25) is 4.98 Å². The topological polar surface area (TPSA) is 46.8 Å². The van der Waals surface area contributed by atoms with Crippen LogP contribution in [0.25, 0.3) is 10.9 Å². The van der Waals surface area contributed by atoms with Gasteiger partial charge in [0.2, 0.25) is 0 Å². The Labute approximate surface area is 155 Å². The molecule has 1 aliphatic rings. The van der Waals surface area contributed by atoms with Gasteiger partial charge in [-0.05, 0) is 24.3 Å². The molecule has 0 aliphatic carbocycles. The minimum absolute atomic E-state index is 0.0587. The van der Waals surface area contributed by atoms with Crippen molar-refractivity contribution < 1.29 is 14.7 Å². The van der Waals surface area contributed by atoms with Crippen molar-refractivity contribution in [3.8, 4) is 5.75 Å². The van der Waals surface area contributed by atoms with Gasteiger partial charge in [0.15, 0.2) is 5.75 Å². The van der Waals surface area contributed by atoms with Crippen molar-refractivity contribution in [1.82, 2.24) is 4.98 Å². The summed E-state index contributed by atoms with van der Waals surface area (Å²) in [6.07, 6.45) is 1.72. The Morgan fingerprint density at radius 3 is 2.56 bits per heavy atom. The monoisotopic (exact) mass is 399 g/mol. The second kappa shape index (κ2) is 7.12. The molecule has 5 heteroatoms. The third-order valence-corrected chi connectivity index (χ3v) is 5.37. The molecular formula is C20H20BrN2O2+. The van der Waals surface area contributed by atoms with Crippen molar-refractivity contribution in [2.75, 3.05) is 26.3 Å². The van der Waals surface area contributed by atoms with E-state index in [2.05, 4.69) is 45.2 Å². The Morgan fingerprint density at radius 2 is 1.80 bits per heavy atom. The van der Waals surface area contributed by atoms with Crippen LogP contribution in [-0.4, -0.2) is 36.4 Å². The normalized spacial score (nSPS) is 16.8. The predicted molar refractivity (Wildman–Crippen MR) is 101 cm³/mol. The van der Waals surface area contributed by atoms with Crippen LogP contribution in [0.2, 0.25) is 0 Å². The number of ether oxygens (including phenoxy) is 1. The van der Waals surface area contributed by atoms with E-state index in [1.807, 2.05) is 24.3 Å². The van der Waals surface area contributed by atoms with Gasteiger partial charge in [0.05, 0.1) is 18.8 Å². The molecule has 0 spiro atoms. The van der Waals surface area contributed by atoms with E-state index in [-0.39, 0.29) is 11.8 Å². The van der Waals surface area contributed by atoms with Gasteiger partial charge in [0.1, 0.15) is 24.6 Å². The van der Waals surface area contributed by atoms with Gasteiger partial charge in [0.25, 0.3) is 0 Å². The van der Waals surface area contributed by atoms with Gasteiger partial charge < -0.3 is 14.7 Å². The summed E-state index contributed by atoms with van der Waals surface area (Å²) in [7, 11) is 0. The van der Waals surface area contributed by atoms with Crippen molar-refractivity contribution in [2.24, 2.45) is 0 Å². The lowest BCUT2D eigenvalue weighted by Gasteiger charge is -2.32. The van der Waals surface area contributed by atoms with Gasteiger partial charge in [-0.2, -0.15) is 0 Å². The number of halogens is 1. The minimum atomic E-state index is 0.0587. The highest BCUT2D eigenvalue weighted by Crippen LogP contribution is 2.33. The van der Waals surface area contributed by atoms with Gasteiger partial charge in [0, 0.05) is 21.6 Å². The van der Waals surface area contributed by atoms with Crippen molar-refractivity contribution in [3.05, 3.63) is 70.3 Å². The molecule has 2 N–H and O–H groups in total. The number of hydrogen-bond acceptors (Lipinski definition) is 3. The van der Waals surface area contributed by atoms with E-state index in [9.17, 15) is 5.11 Å². The average molecular weight is 400 g/mol. The summed E-state index contributed by atoms with van der Waals surface area (Å²) in [6.45, 7) is 3.32. The first kappa shape index (κ1) is 16.5. The van der Waals surface area contributed by atoms with E-state index >= 15 is 0 Å². The third-order valence-electron chi connectivity index (χ3n) is 4.84. The fraction of sp³-hybridized carbons (Fsp3) is 0.250. The van der Waals surface area contributed by atoms with Crippen LogP contribution in [0.3, 0.4) is 0 Å². The van der Waals surface area contributed by atoms with Crippen molar-refractivity contribution >= 4 is 26.8 Å². The molecule has 0 radical (unpaired) electrons. The molecule has 1 aliphatic heterocycles. The molecule has 1 aromatic heterocycles. The van der Waals surface area contributed by atoms with Crippen LogP contribution in [0.1, 0.15) is 17.2 Å².